The second-order valence-electron chi connectivity index (χ2n) is 10.8. The van der Waals surface area contributed by atoms with Crippen molar-refractivity contribution in [1.29, 1.82) is 0 Å². The standard InChI is InChI=1S/C32H30FN3O5/c1-19-13-30(39-18-21-9-11-22(12-10-21)31(38)41-32(3,4)5)36(35-19)25-8-6-7-23(14-25)28(37)15-24-16-29-27(17-26(24)33)34-20(2)40-29/h6-14,16-17H,15,18H2,1-5H3. The van der Waals surface area contributed by atoms with Crippen LogP contribution in [-0.4, -0.2) is 32.1 Å². The van der Waals surface area contributed by atoms with Crippen molar-refractivity contribution in [1.82, 2.24) is 14.8 Å². The fourth-order valence-electron chi connectivity index (χ4n) is 4.32. The monoisotopic (exact) mass is 555 g/mol. The molecule has 0 radical (unpaired) electrons. The SMILES string of the molecule is Cc1cc(OCc2ccc(C(=O)OC(C)(C)C)cc2)n(-c2cccc(C(=O)Cc3cc4oc(C)nc4cc3F)c2)n1. The summed E-state index contributed by atoms with van der Waals surface area (Å²) < 4.78 is 33.3. The van der Waals surface area contributed by atoms with E-state index in [1.54, 1.807) is 48.0 Å². The average Bonchev–Trinajstić information content (AvgIpc) is 3.47. The molecule has 210 valence electrons. The number of fused-ring (bicyclic) bond motifs is 1. The molecule has 0 N–H and O–H groups in total. The summed E-state index contributed by atoms with van der Waals surface area (Å²) in [7, 11) is 0. The summed E-state index contributed by atoms with van der Waals surface area (Å²) in [5.74, 6) is -0.225. The van der Waals surface area contributed by atoms with E-state index in [-0.39, 0.29) is 30.3 Å². The van der Waals surface area contributed by atoms with Gasteiger partial charge in [-0.1, -0.05) is 24.3 Å². The molecule has 5 aromatic rings. The van der Waals surface area contributed by atoms with Crippen molar-refractivity contribution in [3.05, 3.63) is 106 Å². The Kier molecular flexibility index (Phi) is 7.45. The number of aromatic nitrogens is 3. The highest BCUT2D eigenvalue weighted by Crippen LogP contribution is 2.24. The normalized spacial score (nSPS) is 11.6. The first-order valence-corrected chi connectivity index (χ1v) is 13.2. The number of halogens is 1. The van der Waals surface area contributed by atoms with E-state index in [0.717, 1.165) is 11.3 Å². The van der Waals surface area contributed by atoms with Crippen molar-refractivity contribution < 1.29 is 27.9 Å². The van der Waals surface area contributed by atoms with Gasteiger partial charge in [-0.3, -0.25) is 4.79 Å². The number of Topliss-reactive ketones (excluding diaryl/α,β-unsaturated/α-hetero) is 1. The van der Waals surface area contributed by atoms with Crippen molar-refractivity contribution in [2.45, 2.75) is 53.2 Å². The molecule has 0 atom stereocenters. The lowest BCUT2D eigenvalue weighted by Crippen LogP contribution is -2.23. The summed E-state index contributed by atoms with van der Waals surface area (Å²) in [5, 5.41) is 4.54. The molecule has 0 aliphatic heterocycles. The Morgan fingerprint density at radius 2 is 1.73 bits per heavy atom. The molecule has 0 unspecified atom stereocenters. The zero-order chi connectivity index (χ0) is 29.3. The summed E-state index contributed by atoms with van der Waals surface area (Å²) >= 11 is 0. The van der Waals surface area contributed by atoms with Crippen molar-refractivity contribution in [3.63, 3.8) is 0 Å². The van der Waals surface area contributed by atoms with Crippen molar-refractivity contribution in [2.75, 3.05) is 0 Å². The minimum absolute atomic E-state index is 0.133. The third-order valence-electron chi connectivity index (χ3n) is 6.20. The van der Waals surface area contributed by atoms with Gasteiger partial charge in [0, 0.05) is 31.0 Å². The van der Waals surface area contributed by atoms with E-state index in [9.17, 15) is 14.0 Å². The van der Waals surface area contributed by atoms with Gasteiger partial charge in [-0.2, -0.15) is 5.10 Å². The fraction of sp³-hybridized carbons (Fsp3) is 0.250. The van der Waals surface area contributed by atoms with Crippen LogP contribution in [-0.2, 0) is 17.8 Å². The molecular weight excluding hydrogens is 525 g/mol. The predicted octanol–water partition coefficient (Wildman–Crippen LogP) is 6.73. The summed E-state index contributed by atoms with van der Waals surface area (Å²) in [5.41, 5.74) is 3.60. The summed E-state index contributed by atoms with van der Waals surface area (Å²) in [6.45, 7) is 9.24. The third kappa shape index (κ3) is 6.51. The number of nitrogens with zero attached hydrogens (tertiary/aromatic N) is 3. The van der Waals surface area contributed by atoms with Gasteiger partial charge in [0.15, 0.2) is 17.3 Å². The van der Waals surface area contributed by atoms with Gasteiger partial charge < -0.3 is 13.9 Å². The van der Waals surface area contributed by atoms with Crippen LogP contribution >= 0.6 is 0 Å². The Morgan fingerprint density at radius 1 is 0.976 bits per heavy atom. The number of benzene rings is 3. The number of ketones is 1. The highest BCUT2D eigenvalue weighted by Gasteiger charge is 2.19. The Labute approximate surface area is 236 Å². The second-order valence-corrected chi connectivity index (χ2v) is 10.8. The van der Waals surface area contributed by atoms with Crippen LogP contribution < -0.4 is 4.74 Å². The minimum atomic E-state index is -0.571. The molecule has 0 bridgehead atoms. The molecule has 0 amide bonds. The van der Waals surface area contributed by atoms with Gasteiger partial charge in [0.1, 0.15) is 23.5 Å². The Bertz CT molecular complexity index is 1750. The molecule has 41 heavy (non-hydrogen) atoms. The zero-order valence-electron chi connectivity index (χ0n) is 23.5. The maximum atomic E-state index is 14.7. The Morgan fingerprint density at radius 3 is 2.46 bits per heavy atom. The van der Waals surface area contributed by atoms with E-state index in [2.05, 4.69) is 10.1 Å². The lowest BCUT2D eigenvalue weighted by Gasteiger charge is -2.19. The molecule has 0 spiro atoms. The molecule has 0 saturated carbocycles. The lowest BCUT2D eigenvalue weighted by molar-refractivity contribution is 0.00693. The number of hydrogen-bond acceptors (Lipinski definition) is 7. The van der Waals surface area contributed by atoms with Crippen LogP contribution in [0.3, 0.4) is 0 Å². The summed E-state index contributed by atoms with van der Waals surface area (Å²) in [6.07, 6.45) is -0.133. The maximum absolute atomic E-state index is 14.7. The van der Waals surface area contributed by atoms with Gasteiger partial charge in [-0.15, -0.1) is 0 Å². The van der Waals surface area contributed by atoms with E-state index < -0.39 is 11.4 Å². The number of esters is 1. The topological polar surface area (TPSA) is 96.5 Å². The van der Waals surface area contributed by atoms with Gasteiger partial charge in [-0.25, -0.2) is 18.9 Å². The van der Waals surface area contributed by atoms with Gasteiger partial charge in [0.05, 0.1) is 16.9 Å². The fourth-order valence-corrected chi connectivity index (χ4v) is 4.32. The van der Waals surface area contributed by atoms with Crippen molar-refractivity contribution >= 4 is 22.9 Å². The number of hydrogen-bond donors (Lipinski definition) is 0. The van der Waals surface area contributed by atoms with E-state index in [0.29, 0.717) is 39.7 Å². The first-order chi connectivity index (χ1) is 19.4. The molecule has 2 aromatic heterocycles. The highest BCUT2D eigenvalue weighted by molar-refractivity contribution is 5.98. The predicted molar refractivity (Wildman–Crippen MR) is 151 cm³/mol. The van der Waals surface area contributed by atoms with E-state index in [1.807, 2.05) is 45.9 Å². The number of ether oxygens (including phenoxy) is 2. The molecule has 3 aromatic carbocycles. The van der Waals surface area contributed by atoms with Gasteiger partial charge in [-0.05, 0) is 69.2 Å². The number of carbonyl (C=O) groups is 2. The van der Waals surface area contributed by atoms with Gasteiger partial charge >= 0.3 is 5.97 Å². The third-order valence-corrected chi connectivity index (χ3v) is 6.20. The van der Waals surface area contributed by atoms with Crippen LogP contribution in [0.4, 0.5) is 4.39 Å². The first kappa shape index (κ1) is 27.8. The molecule has 0 aliphatic carbocycles. The van der Waals surface area contributed by atoms with Gasteiger partial charge in [0.25, 0.3) is 0 Å². The molecule has 0 fully saturated rings. The molecule has 2 heterocycles. The van der Waals surface area contributed by atoms with Crippen LogP contribution in [0.5, 0.6) is 5.88 Å². The summed E-state index contributed by atoms with van der Waals surface area (Å²) in [6, 6.07) is 18.6. The molecule has 9 heteroatoms. The smallest absolute Gasteiger partial charge is 0.338 e. The second kappa shape index (κ2) is 11.0. The van der Waals surface area contributed by atoms with Crippen LogP contribution in [0.15, 0.2) is 71.1 Å². The van der Waals surface area contributed by atoms with E-state index in [4.69, 9.17) is 13.9 Å². The molecule has 0 aliphatic rings. The number of oxazole rings is 1. The van der Waals surface area contributed by atoms with Crippen molar-refractivity contribution in [3.8, 4) is 11.6 Å². The van der Waals surface area contributed by atoms with Crippen LogP contribution in [0, 0.1) is 19.7 Å². The molecular formula is C32H30FN3O5. The zero-order valence-corrected chi connectivity index (χ0v) is 23.5. The van der Waals surface area contributed by atoms with Crippen LogP contribution in [0.1, 0.15) is 64.2 Å². The summed E-state index contributed by atoms with van der Waals surface area (Å²) in [4.78, 5) is 29.6. The van der Waals surface area contributed by atoms with E-state index in [1.165, 1.54) is 12.1 Å². The maximum Gasteiger partial charge on any atom is 0.338 e. The van der Waals surface area contributed by atoms with Crippen LogP contribution in [0.2, 0.25) is 0 Å². The van der Waals surface area contributed by atoms with E-state index >= 15 is 0 Å². The largest absolute Gasteiger partial charge is 0.473 e. The number of rotatable bonds is 8. The Balaban J connectivity index is 1.30. The molecule has 5 rings (SSSR count). The molecule has 8 nitrogen and oxygen atoms in total. The first-order valence-electron chi connectivity index (χ1n) is 13.2. The highest BCUT2D eigenvalue weighted by atomic mass is 19.1. The minimum Gasteiger partial charge on any atom is -0.473 e. The molecule has 0 saturated heterocycles. The number of carbonyl (C=O) groups excluding carboxylic acids is 2. The van der Waals surface area contributed by atoms with Gasteiger partial charge in [0.2, 0.25) is 5.88 Å². The lowest BCUT2D eigenvalue weighted by atomic mass is 10.0. The Hall–Kier alpha value is -4.79. The average molecular weight is 556 g/mol. The van der Waals surface area contributed by atoms with Crippen LogP contribution in [0.25, 0.3) is 16.8 Å². The number of aryl methyl sites for hydroxylation is 2. The quantitative estimate of drug-likeness (QED) is 0.155. The van der Waals surface area contributed by atoms with Crippen molar-refractivity contribution in [2.24, 2.45) is 0 Å².